The second-order valence-corrected chi connectivity index (χ2v) is 9.70. The molecule has 0 spiro atoms. The van der Waals surface area contributed by atoms with E-state index in [1.807, 2.05) is 49.4 Å². The normalized spacial score (nSPS) is 16.7. The summed E-state index contributed by atoms with van der Waals surface area (Å²) in [6.45, 7) is 6.04. The molecule has 9 heteroatoms. The van der Waals surface area contributed by atoms with E-state index in [0.717, 1.165) is 11.1 Å². The molecule has 1 unspecified atom stereocenters. The van der Waals surface area contributed by atoms with Gasteiger partial charge in [-0.15, -0.1) is 0 Å². The van der Waals surface area contributed by atoms with E-state index in [1.165, 1.54) is 4.31 Å². The predicted molar refractivity (Wildman–Crippen MR) is 120 cm³/mol. The summed E-state index contributed by atoms with van der Waals surface area (Å²) in [5, 5.41) is 5.05. The zero-order chi connectivity index (χ0) is 23.3. The minimum absolute atomic E-state index is 0.117. The third-order valence-electron chi connectivity index (χ3n) is 5.30. The van der Waals surface area contributed by atoms with Gasteiger partial charge in [0.15, 0.2) is 0 Å². The van der Waals surface area contributed by atoms with Gasteiger partial charge in [0, 0.05) is 13.1 Å². The van der Waals surface area contributed by atoms with E-state index in [1.54, 1.807) is 13.8 Å². The highest BCUT2D eigenvalue weighted by molar-refractivity contribution is 7.89. The number of hydrogen-bond acceptors (Lipinski definition) is 5. The van der Waals surface area contributed by atoms with Crippen LogP contribution < -0.4 is 10.6 Å². The number of carbonyl (C=O) groups excluding carboxylic acids is 2. The van der Waals surface area contributed by atoms with Crippen molar-refractivity contribution in [1.29, 1.82) is 0 Å². The van der Waals surface area contributed by atoms with E-state index in [9.17, 15) is 18.0 Å². The van der Waals surface area contributed by atoms with Crippen molar-refractivity contribution < 1.29 is 22.7 Å². The van der Waals surface area contributed by atoms with Crippen molar-refractivity contribution in [1.82, 2.24) is 14.9 Å². The van der Waals surface area contributed by atoms with Gasteiger partial charge < -0.3 is 15.4 Å². The largest absolute Gasteiger partial charge is 0.359 e. The Labute approximate surface area is 189 Å². The smallest absolute Gasteiger partial charge is 0.309 e. The molecule has 0 aliphatic carbocycles. The summed E-state index contributed by atoms with van der Waals surface area (Å²) in [6.07, 6.45) is -0.270. The maximum atomic E-state index is 13.3. The Morgan fingerprint density at radius 2 is 1.66 bits per heavy atom. The Hall–Kier alpha value is -2.75. The van der Waals surface area contributed by atoms with Crippen LogP contribution in [0.4, 0.5) is 0 Å². The molecule has 2 amide bonds. The van der Waals surface area contributed by atoms with Crippen molar-refractivity contribution in [3.63, 3.8) is 0 Å². The topological polar surface area (TPSA) is 105 Å². The minimum atomic E-state index is -3.82. The number of sulfonamides is 1. The molecule has 3 rings (SSSR count). The quantitative estimate of drug-likeness (QED) is 0.610. The van der Waals surface area contributed by atoms with Gasteiger partial charge >= 0.3 is 11.8 Å². The van der Waals surface area contributed by atoms with E-state index in [-0.39, 0.29) is 24.6 Å². The molecule has 2 aromatic carbocycles. The molecule has 0 radical (unpaired) electrons. The lowest BCUT2D eigenvalue weighted by Gasteiger charge is -2.24. The number of carbonyl (C=O) groups is 2. The summed E-state index contributed by atoms with van der Waals surface area (Å²) < 4.78 is 33.4. The molecule has 1 heterocycles. The average molecular weight is 460 g/mol. The fourth-order valence-electron chi connectivity index (χ4n) is 3.94. The summed E-state index contributed by atoms with van der Waals surface area (Å²) in [5.74, 6) is -1.59. The standard InChI is InChI=1S/C23H29N3O5S/c1-16-13-17(2)21(18(3)14-16)32(29,30)26-11-12-31-20(26)15-25-23(28)22(27)24-10-9-19-7-5-4-6-8-19/h4-8,13-14,20H,9-12,15H2,1-3H3,(H,24,27)(H,25,28). The van der Waals surface area contributed by atoms with Gasteiger partial charge in [0.25, 0.3) is 0 Å². The van der Waals surface area contributed by atoms with Gasteiger partial charge in [-0.1, -0.05) is 48.0 Å². The SMILES string of the molecule is Cc1cc(C)c(S(=O)(=O)N2CCOC2CNC(=O)C(=O)NCCc2ccccc2)c(C)c1. The Morgan fingerprint density at radius 3 is 2.31 bits per heavy atom. The molecule has 0 saturated carbocycles. The highest BCUT2D eigenvalue weighted by Gasteiger charge is 2.38. The molecule has 2 N–H and O–H groups in total. The second-order valence-electron chi connectivity index (χ2n) is 7.87. The van der Waals surface area contributed by atoms with Gasteiger partial charge in [-0.05, 0) is 43.9 Å². The minimum Gasteiger partial charge on any atom is -0.359 e. The second kappa shape index (κ2) is 10.2. The molecule has 1 aliphatic heterocycles. The van der Waals surface area contributed by atoms with Crippen LogP contribution in [0.1, 0.15) is 22.3 Å². The lowest BCUT2D eigenvalue weighted by molar-refractivity contribution is -0.139. The Bertz CT molecular complexity index is 1060. The van der Waals surface area contributed by atoms with Gasteiger partial charge in [0.1, 0.15) is 6.23 Å². The zero-order valence-corrected chi connectivity index (χ0v) is 19.4. The van der Waals surface area contributed by atoms with E-state index in [2.05, 4.69) is 10.6 Å². The molecule has 0 bridgehead atoms. The van der Waals surface area contributed by atoms with Gasteiger partial charge in [-0.3, -0.25) is 9.59 Å². The van der Waals surface area contributed by atoms with Crippen molar-refractivity contribution in [2.24, 2.45) is 0 Å². The molecule has 8 nitrogen and oxygen atoms in total. The maximum absolute atomic E-state index is 13.3. The van der Waals surface area contributed by atoms with Crippen LogP contribution in [0.5, 0.6) is 0 Å². The lowest BCUT2D eigenvalue weighted by Crippen LogP contribution is -2.47. The molecule has 172 valence electrons. The first-order valence-corrected chi connectivity index (χ1v) is 12.0. The van der Waals surface area contributed by atoms with Gasteiger partial charge in [-0.25, -0.2) is 8.42 Å². The van der Waals surface area contributed by atoms with Crippen LogP contribution in [-0.4, -0.2) is 57.0 Å². The number of hydrogen-bond donors (Lipinski definition) is 2. The van der Waals surface area contributed by atoms with Crippen LogP contribution in [0.15, 0.2) is 47.4 Å². The average Bonchev–Trinajstić information content (AvgIpc) is 3.21. The number of ether oxygens (including phenoxy) is 1. The number of nitrogens with zero attached hydrogens (tertiary/aromatic N) is 1. The first-order chi connectivity index (χ1) is 15.2. The number of nitrogens with one attached hydrogen (secondary N) is 2. The van der Waals surface area contributed by atoms with Crippen LogP contribution in [0.25, 0.3) is 0 Å². The Balaban J connectivity index is 1.58. The van der Waals surface area contributed by atoms with Gasteiger partial charge in [-0.2, -0.15) is 4.31 Å². The molecule has 1 fully saturated rings. The van der Waals surface area contributed by atoms with Gasteiger partial charge in [0.2, 0.25) is 10.0 Å². The molecule has 1 atom stereocenters. The Kier molecular flexibility index (Phi) is 7.65. The molecular formula is C23H29N3O5S. The molecule has 32 heavy (non-hydrogen) atoms. The van der Waals surface area contributed by atoms with Crippen molar-refractivity contribution >= 4 is 21.8 Å². The molecule has 1 saturated heterocycles. The summed E-state index contributed by atoms with van der Waals surface area (Å²) in [4.78, 5) is 24.5. The Morgan fingerprint density at radius 1 is 1.03 bits per heavy atom. The van der Waals surface area contributed by atoms with Crippen LogP contribution in [-0.2, 0) is 30.8 Å². The van der Waals surface area contributed by atoms with Crippen molar-refractivity contribution in [3.8, 4) is 0 Å². The van der Waals surface area contributed by atoms with Gasteiger partial charge in [0.05, 0.1) is 18.0 Å². The third kappa shape index (κ3) is 5.53. The highest BCUT2D eigenvalue weighted by Crippen LogP contribution is 2.28. The van der Waals surface area contributed by atoms with Crippen LogP contribution in [0, 0.1) is 20.8 Å². The fraction of sp³-hybridized carbons (Fsp3) is 0.391. The fourth-order valence-corrected chi connectivity index (χ4v) is 5.86. The maximum Gasteiger partial charge on any atom is 0.309 e. The summed E-state index contributed by atoms with van der Waals surface area (Å²) in [6, 6.07) is 13.3. The van der Waals surface area contributed by atoms with E-state index in [0.29, 0.717) is 24.1 Å². The number of rotatable bonds is 7. The number of benzene rings is 2. The summed E-state index contributed by atoms with van der Waals surface area (Å²) >= 11 is 0. The summed E-state index contributed by atoms with van der Waals surface area (Å²) in [5.41, 5.74) is 3.36. The molecule has 0 aromatic heterocycles. The van der Waals surface area contributed by atoms with Crippen molar-refractivity contribution in [3.05, 3.63) is 64.7 Å². The molecule has 2 aromatic rings. The summed E-state index contributed by atoms with van der Waals surface area (Å²) in [7, 11) is -3.82. The third-order valence-corrected chi connectivity index (χ3v) is 7.50. The van der Waals surface area contributed by atoms with Crippen LogP contribution >= 0.6 is 0 Å². The number of aryl methyl sites for hydroxylation is 3. The van der Waals surface area contributed by atoms with Crippen LogP contribution in [0.2, 0.25) is 0 Å². The number of amides is 2. The first kappa shape index (κ1) is 23.9. The monoisotopic (exact) mass is 459 g/mol. The molecular weight excluding hydrogens is 430 g/mol. The first-order valence-electron chi connectivity index (χ1n) is 10.5. The van der Waals surface area contributed by atoms with E-state index >= 15 is 0 Å². The highest BCUT2D eigenvalue weighted by atomic mass is 32.2. The zero-order valence-electron chi connectivity index (χ0n) is 18.6. The van der Waals surface area contributed by atoms with E-state index in [4.69, 9.17) is 4.74 Å². The predicted octanol–water partition coefficient (Wildman–Crippen LogP) is 1.43. The lowest BCUT2D eigenvalue weighted by atomic mass is 10.1. The van der Waals surface area contributed by atoms with Crippen LogP contribution in [0.3, 0.4) is 0 Å². The molecule has 1 aliphatic rings. The van der Waals surface area contributed by atoms with E-state index < -0.39 is 28.1 Å². The van der Waals surface area contributed by atoms with Crippen molar-refractivity contribution in [2.45, 2.75) is 38.3 Å². The van der Waals surface area contributed by atoms with Crippen molar-refractivity contribution in [2.75, 3.05) is 26.2 Å².